The first-order chi connectivity index (χ1) is 4.20. The summed E-state index contributed by atoms with van der Waals surface area (Å²) in [7, 11) is 0. The average Bonchev–Trinajstić information content (AvgIpc) is 2.50. The molecule has 0 aromatic carbocycles. The van der Waals surface area contributed by atoms with Crippen molar-refractivity contribution < 1.29 is 14.9 Å². The van der Waals surface area contributed by atoms with Crippen LogP contribution >= 0.6 is 0 Å². The van der Waals surface area contributed by atoms with E-state index in [-0.39, 0.29) is 6.10 Å². The minimum Gasteiger partial charge on any atom is -0.391 e. The molecule has 1 aliphatic heterocycles. The Morgan fingerprint density at radius 3 is 2.56 bits per heavy atom. The van der Waals surface area contributed by atoms with Gasteiger partial charge in [-0.15, -0.1) is 0 Å². The molecule has 0 aliphatic carbocycles. The van der Waals surface area contributed by atoms with Gasteiger partial charge in [-0.1, -0.05) is 0 Å². The molecular weight excluding hydrogens is 120 g/mol. The highest BCUT2D eigenvalue weighted by Crippen LogP contribution is 2.16. The van der Waals surface area contributed by atoms with Gasteiger partial charge in [0.05, 0.1) is 24.9 Å². The van der Waals surface area contributed by atoms with Crippen molar-refractivity contribution in [2.24, 2.45) is 0 Å². The third-order valence-corrected chi connectivity index (χ3v) is 1.46. The third-order valence-electron chi connectivity index (χ3n) is 1.46. The maximum Gasteiger partial charge on any atom is 0.0835 e. The predicted octanol–water partition coefficient (Wildman–Crippen LogP) is -0.483. The van der Waals surface area contributed by atoms with Gasteiger partial charge in [0, 0.05) is 6.42 Å². The van der Waals surface area contributed by atoms with Gasteiger partial charge in [-0.25, -0.2) is 0 Å². The molecule has 1 fully saturated rings. The molecule has 0 amide bonds. The van der Waals surface area contributed by atoms with E-state index in [4.69, 9.17) is 14.9 Å². The van der Waals surface area contributed by atoms with Crippen LogP contribution in [0.2, 0.25) is 0 Å². The Kier molecular flexibility index (Phi) is 2.05. The van der Waals surface area contributed by atoms with Crippen LogP contribution in [-0.4, -0.2) is 35.1 Å². The maximum absolute atomic E-state index is 9.01. The Hall–Kier alpha value is -0.120. The van der Waals surface area contributed by atoms with Crippen molar-refractivity contribution in [2.45, 2.75) is 31.7 Å². The summed E-state index contributed by atoms with van der Waals surface area (Å²) in [5.74, 6) is 0. The fourth-order valence-corrected chi connectivity index (χ4v) is 0.670. The van der Waals surface area contributed by atoms with E-state index >= 15 is 0 Å². The minimum absolute atomic E-state index is 0.203. The summed E-state index contributed by atoms with van der Waals surface area (Å²) in [6.45, 7) is 2.32. The molecule has 3 atom stereocenters. The molecule has 2 N–H and O–H groups in total. The Balaban J connectivity index is 2.09. The summed E-state index contributed by atoms with van der Waals surface area (Å²) < 4.78 is 4.86. The number of hydrogen-bond donors (Lipinski definition) is 2. The molecular formula is C6H12O3. The van der Waals surface area contributed by atoms with Crippen molar-refractivity contribution in [2.75, 3.05) is 6.61 Å². The summed E-state index contributed by atoms with van der Waals surface area (Å²) >= 11 is 0. The van der Waals surface area contributed by atoms with Crippen molar-refractivity contribution in [1.82, 2.24) is 0 Å². The Morgan fingerprint density at radius 1 is 1.67 bits per heavy atom. The molecule has 0 radical (unpaired) electrons. The molecule has 1 rings (SSSR count). The van der Waals surface area contributed by atoms with E-state index < -0.39 is 12.2 Å². The molecule has 0 saturated carbocycles. The molecule has 3 nitrogen and oxygen atoms in total. The van der Waals surface area contributed by atoms with Crippen LogP contribution < -0.4 is 0 Å². The van der Waals surface area contributed by atoms with Crippen LogP contribution in [-0.2, 0) is 4.74 Å². The Morgan fingerprint density at radius 2 is 2.22 bits per heavy atom. The van der Waals surface area contributed by atoms with Gasteiger partial charge in [0.15, 0.2) is 0 Å². The molecule has 3 unspecified atom stereocenters. The summed E-state index contributed by atoms with van der Waals surface area (Å²) in [6, 6.07) is 0. The SMILES string of the molecule is CC(O)C(O)CC1CO1. The van der Waals surface area contributed by atoms with Crippen LogP contribution in [0.1, 0.15) is 13.3 Å². The monoisotopic (exact) mass is 132 g/mol. The van der Waals surface area contributed by atoms with Crippen LogP contribution in [0.15, 0.2) is 0 Å². The average molecular weight is 132 g/mol. The van der Waals surface area contributed by atoms with Crippen LogP contribution in [0, 0.1) is 0 Å². The van der Waals surface area contributed by atoms with Crippen LogP contribution in [0.25, 0.3) is 0 Å². The van der Waals surface area contributed by atoms with Crippen molar-refractivity contribution in [3.8, 4) is 0 Å². The second-order valence-electron chi connectivity index (χ2n) is 2.50. The molecule has 1 aliphatic rings. The lowest BCUT2D eigenvalue weighted by Crippen LogP contribution is -2.23. The largest absolute Gasteiger partial charge is 0.391 e. The summed E-state index contributed by atoms with van der Waals surface area (Å²) in [6.07, 6.45) is -0.473. The zero-order valence-electron chi connectivity index (χ0n) is 5.45. The smallest absolute Gasteiger partial charge is 0.0835 e. The number of ether oxygens (including phenoxy) is 1. The maximum atomic E-state index is 9.01. The van der Waals surface area contributed by atoms with E-state index in [2.05, 4.69) is 0 Å². The number of aliphatic hydroxyl groups is 2. The van der Waals surface area contributed by atoms with Crippen molar-refractivity contribution in [1.29, 1.82) is 0 Å². The zero-order valence-corrected chi connectivity index (χ0v) is 5.45. The molecule has 0 aromatic heterocycles. The zero-order chi connectivity index (χ0) is 6.85. The molecule has 0 aromatic rings. The highest BCUT2D eigenvalue weighted by Gasteiger charge is 2.27. The lowest BCUT2D eigenvalue weighted by molar-refractivity contribution is 0.0217. The van der Waals surface area contributed by atoms with Gasteiger partial charge >= 0.3 is 0 Å². The fraction of sp³-hybridized carbons (Fsp3) is 1.00. The second-order valence-corrected chi connectivity index (χ2v) is 2.50. The van der Waals surface area contributed by atoms with Crippen LogP contribution in [0.3, 0.4) is 0 Å². The van der Waals surface area contributed by atoms with Crippen molar-refractivity contribution >= 4 is 0 Å². The van der Waals surface area contributed by atoms with Gasteiger partial charge in [-0.2, -0.15) is 0 Å². The highest BCUT2D eigenvalue weighted by atomic mass is 16.6. The quantitative estimate of drug-likeness (QED) is 0.510. The topological polar surface area (TPSA) is 53.0 Å². The van der Waals surface area contributed by atoms with Crippen LogP contribution in [0.5, 0.6) is 0 Å². The molecule has 1 heterocycles. The van der Waals surface area contributed by atoms with Gasteiger partial charge < -0.3 is 14.9 Å². The lowest BCUT2D eigenvalue weighted by Gasteiger charge is -2.10. The minimum atomic E-state index is -0.630. The fourth-order valence-electron chi connectivity index (χ4n) is 0.670. The second kappa shape index (κ2) is 2.64. The van der Waals surface area contributed by atoms with E-state index in [1.54, 1.807) is 6.92 Å². The third kappa shape index (κ3) is 2.30. The van der Waals surface area contributed by atoms with E-state index in [0.29, 0.717) is 6.42 Å². The summed E-state index contributed by atoms with van der Waals surface area (Å²) in [5, 5.41) is 17.8. The van der Waals surface area contributed by atoms with Gasteiger partial charge in [0.25, 0.3) is 0 Å². The Bertz CT molecular complexity index is 88.3. The van der Waals surface area contributed by atoms with E-state index in [0.717, 1.165) is 6.61 Å². The van der Waals surface area contributed by atoms with Crippen molar-refractivity contribution in [3.05, 3.63) is 0 Å². The number of rotatable bonds is 3. The first-order valence-corrected chi connectivity index (χ1v) is 3.18. The number of epoxide rings is 1. The molecule has 0 bridgehead atoms. The molecule has 3 heteroatoms. The molecule has 54 valence electrons. The molecule has 9 heavy (non-hydrogen) atoms. The Labute approximate surface area is 54.3 Å². The van der Waals surface area contributed by atoms with E-state index in [1.165, 1.54) is 0 Å². The first-order valence-electron chi connectivity index (χ1n) is 3.18. The van der Waals surface area contributed by atoms with Gasteiger partial charge in [0.2, 0.25) is 0 Å². The number of aliphatic hydroxyl groups excluding tert-OH is 2. The highest BCUT2D eigenvalue weighted by molar-refractivity contribution is 4.75. The molecule has 1 saturated heterocycles. The van der Waals surface area contributed by atoms with Crippen molar-refractivity contribution in [3.63, 3.8) is 0 Å². The van der Waals surface area contributed by atoms with Gasteiger partial charge in [-0.3, -0.25) is 0 Å². The van der Waals surface area contributed by atoms with Gasteiger partial charge in [0.1, 0.15) is 0 Å². The lowest BCUT2D eigenvalue weighted by atomic mass is 10.1. The van der Waals surface area contributed by atoms with E-state index in [9.17, 15) is 0 Å². The van der Waals surface area contributed by atoms with Gasteiger partial charge in [-0.05, 0) is 6.92 Å². The standard InChI is InChI=1S/C6H12O3/c1-4(7)6(8)2-5-3-9-5/h4-8H,2-3H2,1H3. The normalized spacial score (nSPS) is 31.7. The number of hydrogen-bond acceptors (Lipinski definition) is 3. The predicted molar refractivity (Wildman–Crippen MR) is 32.0 cm³/mol. The van der Waals surface area contributed by atoms with E-state index in [1.807, 2.05) is 0 Å². The van der Waals surface area contributed by atoms with Crippen LogP contribution in [0.4, 0.5) is 0 Å². The summed E-state index contributed by atoms with van der Waals surface area (Å²) in [4.78, 5) is 0. The summed E-state index contributed by atoms with van der Waals surface area (Å²) in [5.41, 5.74) is 0. The first kappa shape index (κ1) is 6.99. The molecule has 0 spiro atoms.